The van der Waals surface area contributed by atoms with Crippen molar-refractivity contribution in [1.82, 2.24) is 20.2 Å². The van der Waals surface area contributed by atoms with Gasteiger partial charge in [-0.3, -0.25) is 14.6 Å². The third-order valence-electron chi connectivity index (χ3n) is 5.13. The van der Waals surface area contributed by atoms with Gasteiger partial charge in [0.2, 0.25) is 0 Å². The molecule has 0 aliphatic carbocycles. The molecule has 0 fully saturated rings. The highest BCUT2D eigenvalue weighted by Gasteiger charge is 2.38. The van der Waals surface area contributed by atoms with Gasteiger partial charge in [-0.1, -0.05) is 18.2 Å². The fourth-order valence-electron chi connectivity index (χ4n) is 3.37. The van der Waals surface area contributed by atoms with E-state index < -0.39 is 12.1 Å². The number of nitrogens with one attached hydrogen (secondary N) is 2. The molecule has 0 radical (unpaired) electrons. The van der Waals surface area contributed by atoms with Crippen molar-refractivity contribution in [1.29, 1.82) is 0 Å². The summed E-state index contributed by atoms with van der Waals surface area (Å²) in [5.74, 6) is -2.82. The Morgan fingerprint density at radius 2 is 1.83 bits per heavy atom. The quantitative estimate of drug-likeness (QED) is 0.503. The number of carbonyl (C=O) groups excluding carboxylic acids is 2. The summed E-state index contributed by atoms with van der Waals surface area (Å²) in [6.45, 7) is 0.658. The van der Waals surface area contributed by atoms with E-state index in [1.165, 1.54) is 0 Å². The summed E-state index contributed by atoms with van der Waals surface area (Å²) in [6.07, 6.45) is 1.33. The van der Waals surface area contributed by atoms with E-state index >= 15 is 0 Å². The summed E-state index contributed by atoms with van der Waals surface area (Å²) in [4.78, 5) is 42.3. The minimum absolute atomic E-state index is 0.0277. The number of carboxylic acids is 1. The third kappa shape index (κ3) is 6.59. The van der Waals surface area contributed by atoms with E-state index in [9.17, 15) is 22.8 Å². The molecular formula is C25H23F3N4O4. The van der Waals surface area contributed by atoms with E-state index in [1.807, 2.05) is 54.6 Å². The summed E-state index contributed by atoms with van der Waals surface area (Å²) >= 11 is 0. The number of hydrogen-bond acceptors (Lipinski definition) is 4. The smallest absolute Gasteiger partial charge is 0.475 e. The maximum absolute atomic E-state index is 12.1. The lowest BCUT2D eigenvalue weighted by atomic mass is 10.1. The van der Waals surface area contributed by atoms with Crippen LogP contribution in [0.15, 0.2) is 48.7 Å². The molecule has 0 unspecified atom stereocenters. The highest BCUT2D eigenvalue weighted by molar-refractivity contribution is 5.98. The number of amides is 2. The number of H-pyrrole nitrogens is 1. The lowest BCUT2D eigenvalue weighted by Gasteiger charge is -2.10. The molecule has 0 bridgehead atoms. The molecule has 0 spiro atoms. The highest BCUT2D eigenvalue weighted by atomic mass is 19.4. The number of alkyl halides is 3. The third-order valence-corrected chi connectivity index (χ3v) is 5.13. The summed E-state index contributed by atoms with van der Waals surface area (Å²) in [5, 5.41) is 9.99. The molecule has 188 valence electrons. The second-order valence-corrected chi connectivity index (χ2v) is 8.01. The summed E-state index contributed by atoms with van der Waals surface area (Å²) < 4.78 is 31.7. The Kier molecular flexibility index (Phi) is 7.93. The number of rotatable bonds is 4. The number of nitrogens with zero attached hydrogens (tertiary/aromatic N) is 2. The number of benzene rings is 1. The first-order chi connectivity index (χ1) is 17.0. The van der Waals surface area contributed by atoms with Crippen molar-refractivity contribution in [2.75, 3.05) is 20.6 Å². The van der Waals surface area contributed by atoms with E-state index in [0.717, 1.165) is 34.6 Å². The molecule has 0 atom stereocenters. The Labute approximate surface area is 204 Å². The predicted octanol–water partition coefficient (Wildman–Crippen LogP) is 3.87. The zero-order valence-corrected chi connectivity index (χ0v) is 19.4. The van der Waals surface area contributed by atoms with Gasteiger partial charge in [0.05, 0.1) is 11.3 Å². The molecule has 3 aromatic rings. The Morgan fingerprint density at radius 3 is 2.47 bits per heavy atom. The molecule has 0 saturated heterocycles. The molecule has 1 aliphatic rings. The van der Waals surface area contributed by atoms with Crippen LogP contribution >= 0.6 is 0 Å². The molecule has 1 aromatic carbocycles. The Balaban J connectivity index is 0.000000454. The normalized spacial score (nSPS) is 12.9. The maximum atomic E-state index is 12.1. The van der Waals surface area contributed by atoms with Crippen molar-refractivity contribution in [3.8, 4) is 11.3 Å². The van der Waals surface area contributed by atoms with Gasteiger partial charge >= 0.3 is 12.1 Å². The maximum Gasteiger partial charge on any atom is 0.490 e. The molecule has 3 N–H and O–H groups in total. The number of aromatic nitrogens is 2. The van der Waals surface area contributed by atoms with Crippen LogP contribution in [0, 0.1) is 0 Å². The van der Waals surface area contributed by atoms with Gasteiger partial charge in [-0.2, -0.15) is 13.2 Å². The standard InChI is InChI=1S/C23H22N4O2.C2HF3O2/c1-27(2)23(29)17-5-3-4-15(12-17)6-7-18-13-16(8-10-24-18)21-14-19-20(26-21)9-11-25-22(19)28;3-2(4,5)1(6)7/h3-8,10,12-14,26H,9,11H2,1-2H3,(H,25,28);(H,6,7). The molecule has 2 amide bonds. The first-order valence-corrected chi connectivity index (χ1v) is 10.7. The van der Waals surface area contributed by atoms with Gasteiger partial charge in [0.15, 0.2) is 0 Å². The zero-order valence-electron chi connectivity index (χ0n) is 19.4. The van der Waals surface area contributed by atoms with E-state index in [1.54, 1.807) is 25.2 Å². The molecule has 1 aliphatic heterocycles. The first-order valence-electron chi connectivity index (χ1n) is 10.7. The molecule has 36 heavy (non-hydrogen) atoms. The lowest BCUT2D eigenvalue weighted by Crippen LogP contribution is -2.31. The Bertz CT molecular complexity index is 1310. The number of carbonyl (C=O) groups is 3. The molecule has 11 heteroatoms. The molecule has 2 aromatic heterocycles. The average molecular weight is 500 g/mol. The van der Waals surface area contributed by atoms with Crippen LogP contribution in [-0.2, 0) is 11.2 Å². The minimum Gasteiger partial charge on any atom is -0.475 e. The van der Waals surface area contributed by atoms with Gasteiger partial charge in [-0.15, -0.1) is 0 Å². The molecule has 8 nitrogen and oxygen atoms in total. The van der Waals surface area contributed by atoms with Gasteiger partial charge in [0, 0.05) is 55.8 Å². The van der Waals surface area contributed by atoms with Crippen molar-refractivity contribution in [3.05, 3.63) is 76.7 Å². The van der Waals surface area contributed by atoms with Crippen LogP contribution in [0.5, 0.6) is 0 Å². The lowest BCUT2D eigenvalue weighted by molar-refractivity contribution is -0.192. The number of fused-ring (bicyclic) bond motifs is 1. The van der Waals surface area contributed by atoms with Crippen LogP contribution in [0.2, 0.25) is 0 Å². The topological polar surface area (TPSA) is 115 Å². The molecular weight excluding hydrogens is 477 g/mol. The largest absolute Gasteiger partial charge is 0.490 e. The van der Waals surface area contributed by atoms with Crippen LogP contribution in [0.4, 0.5) is 13.2 Å². The first kappa shape index (κ1) is 26.2. The minimum atomic E-state index is -5.08. The molecule has 0 saturated carbocycles. The summed E-state index contributed by atoms with van der Waals surface area (Å²) in [5.41, 5.74) is 5.93. The van der Waals surface area contributed by atoms with Crippen molar-refractivity contribution < 1.29 is 32.7 Å². The van der Waals surface area contributed by atoms with Crippen molar-refractivity contribution >= 4 is 29.9 Å². The van der Waals surface area contributed by atoms with Crippen LogP contribution < -0.4 is 5.32 Å². The fraction of sp³-hybridized carbons (Fsp3) is 0.200. The van der Waals surface area contributed by atoms with E-state index in [-0.39, 0.29) is 11.8 Å². The van der Waals surface area contributed by atoms with Gasteiger partial charge in [0.25, 0.3) is 11.8 Å². The monoisotopic (exact) mass is 500 g/mol. The van der Waals surface area contributed by atoms with Gasteiger partial charge < -0.3 is 20.3 Å². The number of halogens is 3. The average Bonchev–Trinajstić information content (AvgIpc) is 3.28. The highest BCUT2D eigenvalue weighted by Crippen LogP contribution is 2.24. The predicted molar refractivity (Wildman–Crippen MR) is 127 cm³/mol. The molecule has 4 rings (SSSR count). The van der Waals surface area contributed by atoms with Crippen LogP contribution in [0.3, 0.4) is 0 Å². The summed E-state index contributed by atoms with van der Waals surface area (Å²) in [7, 11) is 3.48. The Hall–Kier alpha value is -4.41. The van der Waals surface area contributed by atoms with Crippen LogP contribution in [0.1, 0.15) is 37.7 Å². The zero-order chi connectivity index (χ0) is 26.5. The number of aliphatic carboxylic acids is 1. The SMILES string of the molecule is CN(C)C(=O)c1cccc(C=Cc2cc(-c3cc4c([nH]3)CCNC4=O)ccn2)c1.O=C(O)C(F)(F)F. The van der Waals surface area contributed by atoms with Crippen LogP contribution in [-0.4, -0.2) is 64.6 Å². The fourth-order valence-corrected chi connectivity index (χ4v) is 3.37. The second-order valence-electron chi connectivity index (χ2n) is 8.01. The van der Waals surface area contributed by atoms with Gasteiger partial charge in [0.1, 0.15) is 0 Å². The Morgan fingerprint density at radius 1 is 1.11 bits per heavy atom. The summed E-state index contributed by atoms with van der Waals surface area (Å²) in [6, 6.07) is 13.3. The number of hydrogen-bond donors (Lipinski definition) is 3. The number of aromatic amines is 1. The van der Waals surface area contributed by atoms with E-state index in [0.29, 0.717) is 17.7 Å². The number of pyridine rings is 1. The van der Waals surface area contributed by atoms with E-state index in [2.05, 4.69) is 15.3 Å². The van der Waals surface area contributed by atoms with Gasteiger partial charge in [-0.25, -0.2) is 4.79 Å². The number of carboxylic acid groups (broad SMARTS) is 1. The molecule has 3 heterocycles. The van der Waals surface area contributed by atoms with Gasteiger partial charge in [-0.05, 0) is 42.0 Å². The van der Waals surface area contributed by atoms with Crippen molar-refractivity contribution in [3.63, 3.8) is 0 Å². The second kappa shape index (κ2) is 10.9. The van der Waals surface area contributed by atoms with Crippen molar-refractivity contribution in [2.24, 2.45) is 0 Å². The van der Waals surface area contributed by atoms with Crippen molar-refractivity contribution in [2.45, 2.75) is 12.6 Å². The van der Waals surface area contributed by atoms with Crippen LogP contribution in [0.25, 0.3) is 23.4 Å². The van der Waals surface area contributed by atoms with E-state index in [4.69, 9.17) is 9.90 Å².